The van der Waals surface area contributed by atoms with Crippen LogP contribution in [-0.2, 0) is 19.0 Å². The third-order valence-electron chi connectivity index (χ3n) is 7.25. The normalized spacial score (nSPS) is 21.6. The number of ether oxygens (including phenoxy) is 3. The minimum atomic E-state index is -0.809. The topological polar surface area (TPSA) is 104 Å². The summed E-state index contributed by atoms with van der Waals surface area (Å²) < 4.78 is 19.3. The first-order valence-electron chi connectivity index (χ1n) is 13.4. The van der Waals surface area contributed by atoms with Crippen molar-refractivity contribution in [3.63, 3.8) is 0 Å². The number of carbonyl (C=O) groups is 1. The predicted molar refractivity (Wildman–Crippen MR) is 151 cm³/mol. The van der Waals surface area contributed by atoms with E-state index in [9.17, 15) is 4.79 Å². The third kappa shape index (κ3) is 5.03. The van der Waals surface area contributed by atoms with E-state index in [1.807, 2.05) is 57.2 Å². The molecule has 40 heavy (non-hydrogen) atoms. The van der Waals surface area contributed by atoms with Gasteiger partial charge in [-0.25, -0.2) is 14.7 Å². The summed E-state index contributed by atoms with van der Waals surface area (Å²) in [6.07, 6.45) is -0.0422. The van der Waals surface area contributed by atoms with Crippen molar-refractivity contribution in [2.24, 2.45) is 0 Å². The second-order valence-electron chi connectivity index (χ2n) is 10.3. The monoisotopic (exact) mass is 562 g/mol. The molecule has 3 atom stereocenters. The zero-order valence-electron chi connectivity index (χ0n) is 22.5. The SMILES string of the molecule is CCN(C(=O)[C@H]1OC[C@@H]2OC(C)(C)O[C@@H]21)n1cnc2c(NCC(c3ccccc3)c3ccccc3)nc(Cl)nc21. The first-order valence-corrected chi connectivity index (χ1v) is 13.8. The Bertz CT molecular complexity index is 1460. The minimum Gasteiger partial charge on any atom is -0.367 e. The fraction of sp³-hybridized carbons (Fsp3) is 0.379. The number of anilines is 1. The van der Waals surface area contributed by atoms with Gasteiger partial charge in [0, 0.05) is 19.0 Å². The molecule has 2 aromatic carbocycles. The molecule has 10 nitrogen and oxygen atoms in total. The second-order valence-corrected chi connectivity index (χ2v) is 10.6. The molecule has 2 saturated heterocycles. The highest BCUT2D eigenvalue weighted by Crippen LogP contribution is 2.36. The molecule has 0 spiro atoms. The average Bonchev–Trinajstić information content (AvgIpc) is 3.62. The molecular weight excluding hydrogens is 532 g/mol. The number of aromatic nitrogens is 4. The van der Waals surface area contributed by atoms with Gasteiger partial charge in [-0.3, -0.25) is 4.79 Å². The van der Waals surface area contributed by atoms with Crippen molar-refractivity contribution in [3.05, 3.63) is 83.4 Å². The van der Waals surface area contributed by atoms with Gasteiger partial charge < -0.3 is 19.5 Å². The maximum Gasteiger partial charge on any atom is 0.273 e. The van der Waals surface area contributed by atoms with Crippen molar-refractivity contribution >= 4 is 34.5 Å². The number of likely N-dealkylation sites (N-methyl/N-ethyl adjacent to an activating group) is 1. The zero-order chi connectivity index (χ0) is 27.9. The summed E-state index contributed by atoms with van der Waals surface area (Å²) in [5.74, 6) is -0.490. The van der Waals surface area contributed by atoms with Crippen LogP contribution in [0.4, 0.5) is 5.82 Å². The molecule has 0 saturated carbocycles. The van der Waals surface area contributed by atoms with Crippen LogP contribution in [0.2, 0.25) is 5.28 Å². The van der Waals surface area contributed by atoms with E-state index < -0.39 is 18.0 Å². The Labute approximate surface area is 237 Å². The van der Waals surface area contributed by atoms with Crippen molar-refractivity contribution in [3.8, 4) is 0 Å². The number of nitrogens with one attached hydrogen (secondary N) is 1. The fourth-order valence-electron chi connectivity index (χ4n) is 5.47. The second kappa shape index (κ2) is 10.8. The summed E-state index contributed by atoms with van der Waals surface area (Å²) >= 11 is 6.39. The van der Waals surface area contributed by atoms with E-state index in [2.05, 4.69) is 44.5 Å². The quantitative estimate of drug-likeness (QED) is 0.320. The molecule has 11 heteroatoms. The van der Waals surface area contributed by atoms with Crippen LogP contribution in [0.5, 0.6) is 0 Å². The van der Waals surface area contributed by atoms with Gasteiger partial charge in [-0.1, -0.05) is 60.7 Å². The van der Waals surface area contributed by atoms with E-state index in [4.69, 9.17) is 25.8 Å². The average molecular weight is 563 g/mol. The van der Waals surface area contributed by atoms with Crippen LogP contribution in [0.25, 0.3) is 11.2 Å². The molecule has 0 unspecified atom stereocenters. The summed E-state index contributed by atoms with van der Waals surface area (Å²) in [7, 11) is 0. The van der Waals surface area contributed by atoms with Crippen molar-refractivity contribution in [2.45, 2.75) is 50.8 Å². The number of nitrogens with zero attached hydrogens (tertiary/aromatic N) is 5. The molecule has 0 aliphatic carbocycles. The van der Waals surface area contributed by atoms with Gasteiger partial charge in [0.1, 0.15) is 18.5 Å². The van der Waals surface area contributed by atoms with Gasteiger partial charge in [0.2, 0.25) is 5.28 Å². The van der Waals surface area contributed by atoms with Crippen LogP contribution in [0, 0.1) is 0 Å². The Balaban J connectivity index is 1.28. The summed E-state index contributed by atoms with van der Waals surface area (Å²) in [5.41, 5.74) is 3.25. The lowest BCUT2D eigenvalue weighted by Crippen LogP contribution is -2.50. The number of carbonyl (C=O) groups excluding carboxylic acids is 1. The van der Waals surface area contributed by atoms with Gasteiger partial charge in [0.05, 0.1) is 6.61 Å². The first-order chi connectivity index (χ1) is 19.3. The molecule has 2 aromatic heterocycles. The van der Waals surface area contributed by atoms with E-state index in [0.29, 0.717) is 36.7 Å². The van der Waals surface area contributed by atoms with Gasteiger partial charge in [-0.2, -0.15) is 9.97 Å². The number of hydrogen-bond acceptors (Lipinski definition) is 8. The van der Waals surface area contributed by atoms with Gasteiger partial charge in [-0.15, -0.1) is 0 Å². The lowest BCUT2D eigenvalue weighted by Gasteiger charge is -2.27. The van der Waals surface area contributed by atoms with Gasteiger partial charge in [-0.05, 0) is 43.5 Å². The number of rotatable bonds is 8. The maximum atomic E-state index is 13.7. The Morgan fingerprint density at radius 3 is 2.42 bits per heavy atom. The molecular formula is C29H31ClN6O4. The van der Waals surface area contributed by atoms with Crippen LogP contribution >= 0.6 is 11.6 Å². The molecule has 2 fully saturated rings. The van der Waals surface area contributed by atoms with E-state index in [1.165, 1.54) is 16.1 Å². The van der Waals surface area contributed by atoms with Crippen LogP contribution in [0.15, 0.2) is 67.0 Å². The summed E-state index contributed by atoms with van der Waals surface area (Å²) in [6.45, 7) is 6.73. The molecule has 2 aliphatic heterocycles. The molecule has 0 radical (unpaired) electrons. The largest absolute Gasteiger partial charge is 0.367 e. The number of amides is 1. The Morgan fingerprint density at radius 2 is 1.77 bits per heavy atom. The van der Waals surface area contributed by atoms with E-state index in [0.717, 1.165) is 0 Å². The van der Waals surface area contributed by atoms with Crippen molar-refractivity contribution < 1.29 is 19.0 Å². The number of benzene rings is 2. The fourth-order valence-corrected chi connectivity index (χ4v) is 5.64. The highest BCUT2D eigenvalue weighted by molar-refractivity contribution is 6.28. The molecule has 4 heterocycles. The van der Waals surface area contributed by atoms with E-state index in [1.54, 1.807) is 11.0 Å². The van der Waals surface area contributed by atoms with Crippen molar-refractivity contribution in [1.82, 2.24) is 19.6 Å². The molecule has 0 bridgehead atoms. The number of imidazole rings is 1. The number of fused-ring (bicyclic) bond motifs is 2. The standard InChI is InChI=1S/C29H31ClN6O4/c1-4-35(27(37)24-23-21(16-38-24)39-29(2,3)40-23)36-17-32-22-25(33-28(30)34-26(22)36)31-15-20(18-11-7-5-8-12-18)19-13-9-6-10-14-19/h5-14,17,20-21,23-24H,4,15-16H2,1-3H3,(H,31,33,34)/t21-,23-,24-/m0/s1. The third-order valence-corrected chi connectivity index (χ3v) is 7.42. The molecule has 6 rings (SSSR count). The van der Waals surface area contributed by atoms with Crippen molar-refractivity contribution in [2.75, 3.05) is 30.0 Å². The van der Waals surface area contributed by atoms with Gasteiger partial charge in [0.25, 0.3) is 5.91 Å². The number of halogens is 1. The van der Waals surface area contributed by atoms with Crippen molar-refractivity contribution in [1.29, 1.82) is 0 Å². The number of hydrogen-bond donors (Lipinski definition) is 1. The van der Waals surface area contributed by atoms with Crippen LogP contribution in [0.3, 0.4) is 0 Å². The highest BCUT2D eigenvalue weighted by Gasteiger charge is 2.53. The molecule has 4 aromatic rings. The van der Waals surface area contributed by atoms with E-state index in [-0.39, 0.29) is 23.2 Å². The van der Waals surface area contributed by atoms with E-state index >= 15 is 0 Å². The first kappa shape index (κ1) is 26.6. The summed E-state index contributed by atoms with van der Waals surface area (Å²) in [4.78, 5) is 27.1. The summed E-state index contributed by atoms with van der Waals surface area (Å²) in [5, 5.41) is 5.02. The molecule has 1 amide bonds. The van der Waals surface area contributed by atoms with Crippen LogP contribution < -0.4 is 10.3 Å². The van der Waals surface area contributed by atoms with Gasteiger partial charge >= 0.3 is 0 Å². The zero-order valence-corrected chi connectivity index (χ0v) is 23.3. The van der Waals surface area contributed by atoms with Crippen LogP contribution in [0.1, 0.15) is 37.8 Å². The predicted octanol–water partition coefficient (Wildman–Crippen LogP) is 4.13. The summed E-state index contributed by atoms with van der Waals surface area (Å²) in [6, 6.07) is 20.6. The Kier molecular flexibility index (Phi) is 7.18. The smallest absolute Gasteiger partial charge is 0.273 e. The Morgan fingerprint density at radius 1 is 1.10 bits per heavy atom. The molecule has 208 valence electrons. The van der Waals surface area contributed by atoms with Gasteiger partial charge in [0.15, 0.2) is 28.9 Å². The Hall–Kier alpha value is -3.57. The minimum absolute atomic E-state index is 0.0441. The highest BCUT2D eigenvalue weighted by atomic mass is 35.5. The lowest BCUT2D eigenvalue weighted by atomic mass is 9.91. The maximum absolute atomic E-state index is 13.7. The lowest BCUT2D eigenvalue weighted by molar-refractivity contribution is -0.177. The van der Waals surface area contributed by atoms with Crippen LogP contribution in [-0.4, -0.2) is 69.3 Å². The molecule has 2 aliphatic rings. The molecule has 1 N–H and O–H groups in total.